The number of hydrogen-bond donors (Lipinski definition) is 1. The summed E-state index contributed by atoms with van der Waals surface area (Å²) >= 11 is -2.05. The first-order chi connectivity index (χ1) is 9.24. The number of aliphatic hydroxyl groups is 1. The number of allylic oxidation sites excluding steroid dienone is 2. The van der Waals surface area contributed by atoms with Gasteiger partial charge in [-0.05, 0) is 0 Å². The maximum atomic E-state index is 8.82. The van der Waals surface area contributed by atoms with Crippen molar-refractivity contribution >= 4 is 18.4 Å². The third-order valence-corrected chi connectivity index (χ3v) is 18.0. The van der Waals surface area contributed by atoms with Crippen molar-refractivity contribution in [3.8, 4) is 0 Å². The van der Waals surface area contributed by atoms with Crippen LogP contribution in [0.5, 0.6) is 0 Å². The zero-order valence-corrected chi connectivity index (χ0v) is 16.2. The van der Waals surface area contributed by atoms with Crippen LogP contribution in [0.25, 0.3) is 0 Å². The first kappa shape index (κ1) is 19.2. The van der Waals surface area contributed by atoms with Gasteiger partial charge in [0.2, 0.25) is 0 Å². The standard InChI is InChI=1S/C5H7O.3C4H9.Sn/c1-2-3-4-5-6;3*1-3-4-2;/h1-4,6H,5H2;3*1,3-4H2,2H3;/b2-1?,4-3+;;;;. The van der Waals surface area contributed by atoms with Crippen molar-refractivity contribution in [2.45, 2.75) is 72.6 Å². The zero-order chi connectivity index (χ0) is 14.4. The van der Waals surface area contributed by atoms with E-state index in [-0.39, 0.29) is 6.61 Å². The Hall–Kier alpha value is 0.239. The second kappa shape index (κ2) is 13.2. The first-order valence-electron chi connectivity index (χ1n) is 8.20. The summed E-state index contributed by atoms with van der Waals surface area (Å²) < 4.78 is 7.19. The number of aliphatic hydroxyl groups excluding tert-OH is 1. The molecular formula is C17H34OSn. The van der Waals surface area contributed by atoms with Gasteiger partial charge in [0.1, 0.15) is 0 Å². The summed E-state index contributed by atoms with van der Waals surface area (Å²) in [6, 6.07) is 0. The molecule has 0 unspecified atom stereocenters. The second-order valence-corrected chi connectivity index (χ2v) is 18.7. The van der Waals surface area contributed by atoms with Crippen molar-refractivity contribution in [2.75, 3.05) is 6.61 Å². The fraction of sp³-hybridized carbons (Fsp3) is 0.765. The van der Waals surface area contributed by atoms with E-state index in [1.54, 1.807) is 0 Å². The van der Waals surface area contributed by atoms with Crippen LogP contribution in [0.3, 0.4) is 0 Å². The van der Waals surface area contributed by atoms with Crippen LogP contribution in [0.15, 0.2) is 22.3 Å². The third-order valence-electron chi connectivity index (χ3n) is 3.89. The molecule has 0 aliphatic carbocycles. The van der Waals surface area contributed by atoms with E-state index in [1.165, 1.54) is 51.8 Å². The normalized spacial score (nSPS) is 12.8. The number of hydrogen-bond acceptors (Lipinski definition) is 1. The van der Waals surface area contributed by atoms with E-state index in [1.807, 2.05) is 12.2 Å². The Morgan fingerprint density at radius 3 is 1.63 bits per heavy atom. The molecule has 0 fully saturated rings. The molecule has 0 bridgehead atoms. The fourth-order valence-electron chi connectivity index (χ4n) is 2.61. The molecule has 0 aromatic heterocycles. The summed E-state index contributed by atoms with van der Waals surface area (Å²) in [5.41, 5.74) is 0. The van der Waals surface area contributed by atoms with E-state index >= 15 is 0 Å². The Kier molecular flexibility index (Phi) is 13.4. The summed E-state index contributed by atoms with van der Waals surface area (Å²) in [7, 11) is 0. The van der Waals surface area contributed by atoms with Crippen molar-refractivity contribution in [1.82, 2.24) is 0 Å². The van der Waals surface area contributed by atoms with E-state index in [2.05, 4.69) is 30.9 Å². The molecule has 1 N–H and O–H groups in total. The summed E-state index contributed by atoms with van der Waals surface area (Å²) in [4.78, 5) is 0. The van der Waals surface area contributed by atoms with Crippen LogP contribution < -0.4 is 0 Å². The van der Waals surface area contributed by atoms with Gasteiger partial charge in [0.25, 0.3) is 0 Å². The summed E-state index contributed by atoms with van der Waals surface area (Å²) in [5, 5.41) is 8.82. The molecule has 0 atom stereocenters. The topological polar surface area (TPSA) is 20.2 Å². The molecule has 0 saturated heterocycles. The van der Waals surface area contributed by atoms with Crippen molar-refractivity contribution < 1.29 is 5.11 Å². The van der Waals surface area contributed by atoms with Gasteiger partial charge in [-0.2, -0.15) is 0 Å². The summed E-state index contributed by atoms with van der Waals surface area (Å²) in [6.07, 6.45) is 14.4. The molecule has 1 nitrogen and oxygen atoms in total. The van der Waals surface area contributed by atoms with Crippen molar-refractivity contribution in [2.24, 2.45) is 0 Å². The van der Waals surface area contributed by atoms with E-state index in [0.29, 0.717) is 0 Å². The van der Waals surface area contributed by atoms with Crippen LogP contribution in [-0.4, -0.2) is 30.1 Å². The third kappa shape index (κ3) is 9.72. The van der Waals surface area contributed by atoms with E-state index in [9.17, 15) is 0 Å². The van der Waals surface area contributed by atoms with Gasteiger partial charge in [-0.3, -0.25) is 0 Å². The van der Waals surface area contributed by atoms with Gasteiger partial charge >= 0.3 is 125 Å². The molecule has 0 radical (unpaired) electrons. The van der Waals surface area contributed by atoms with Crippen LogP contribution in [-0.2, 0) is 0 Å². The molecule has 0 aliphatic heterocycles. The summed E-state index contributed by atoms with van der Waals surface area (Å²) in [5.74, 6) is 0. The zero-order valence-electron chi connectivity index (χ0n) is 13.3. The van der Waals surface area contributed by atoms with Gasteiger partial charge in [0, 0.05) is 0 Å². The predicted octanol–water partition coefficient (Wildman–Crippen LogP) is 5.48. The second-order valence-electron chi connectivity index (χ2n) is 5.64. The van der Waals surface area contributed by atoms with Crippen LogP contribution >= 0.6 is 0 Å². The monoisotopic (exact) mass is 374 g/mol. The number of unbranched alkanes of at least 4 members (excludes halogenated alkanes) is 3. The Balaban J connectivity index is 4.75. The molecule has 112 valence electrons. The van der Waals surface area contributed by atoms with Gasteiger partial charge in [-0.25, -0.2) is 0 Å². The van der Waals surface area contributed by atoms with E-state index in [0.717, 1.165) is 0 Å². The van der Waals surface area contributed by atoms with Crippen molar-refractivity contribution in [3.63, 3.8) is 0 Å². The molecule has 2 heteroatoms. The summed E-state index contributed by atoms with van der Waals surface area (Å²) in [6.45, 7) is 7.09. The molecule has 0 rings (SSSR count). The predicted molar refractivity (Wildman–Crippen MR) is 90.3 cm³/mol. The first-order valence-corrected chi connectivity index (χ1v) is 15.9. The van der Waals surface area contributed by atoms with E-state index < -0.39 is 18.4 Å². The van der Waals surface area contributed by atoms with Crippen LogP contribution in [0, 0.1) is 0 Å². The molecule has 0 spiro atoms. The van der Waals surface area contributed by atoms with Crippen LogP contribution in [0.2, 0.25) is 13.3 Å². The Morgan fingerprint density at radius 2 is 1.26 bits per heavy atom. The van der Waals surface area contributed by atoms with Gasteiger partial charge in [-0.1, -0.05) is 0 Å². The number of rotatable bonds is 12. The molecule has 0 amide bonds. The van der Waals surface area contributed by atoms with Crippen molar-refractivity contribution in [1.29, 1.82) is 0 Å². The molecular weight excluding hydrogens is 339 g/mol. The minimum atomic E-state index is -2.05. The molecule has 0 aromatic carbocycles. The van der Waals surface area contributed by atoms with Gasteiger partial charge in [0.15, 0.2) is 0 Å². The molecule has 0 aliphatic rings. The maximum absolute atomic E-state index is 8.82. The SMILES string of the molecule is CCC[CH2][Sn](/[CH]=C/C=C/CO)([CH2]CCC)[CH2]CCC. The average Bonchev–Trinajstić information content (AvgIpc) is 2.44. The van der Waals surface area contributed by atoms with Crippen LogP contribution in [0.4, 0.5) is 0 Å². The molecule has 0 saturated carbocycles. The molecule has 19 heavy (non-hydrogen) atoms. The van der Waals surface area contributed by atoms with Gasteiger partial charge < -0.3 is 0 Å². The minimum absolute atomic E-state index is 0.158. The fourth-order valence-corrected chi connectivity index (χ4v) is 16.7. The average molecular weight is 373 g/mol. The van der Waals surface area contributed by atoms with Crippen LogP contribution in [0.1, 0.15) is 59.3 Å². The molecule has 0 heterocycles. The van der Waals surface area contributed by atoms with E-state index in [4.69, 9.17) is 5.11 Å². The quantitative estimate of drug-likeness (QED) is 0.355. The van der Waals surface area contributed by atoms with Gasteiger partial charge in [-0.15, -0.1) is 0 Å². The Labute approximate surface area is 125 Å². The Bertz CT molecular complexity index is 224. The molecule has 0 aromatic rings. The Morgan fingerprint density at radius 1 is 0.789 bits per heavy atom. The van der Waals surface area contributed by atoms with Crippen molar-refractivity contribution in [3.05, 3.63) is 22.3 Å². The van der Waals surface area contributed by atoms with Gasteiger partial charge in [0.05, 0.1) is 0 Å².